The summed E-state index contributed by atoms with van der Waals surface area (Å²) in [6, 6.07) is 2.61. The Morgan fingerprint density at radius 1 is 1.24 bits per heavy atom. The van der Waals surface area contributed by atoms with Crippen molar-refractivity contribution in [1.82, 2.24) is 10.2 Å². The quantitative estimate of drug-likeness (QED) is 0.456. The van der Waals surface area contributed by atoms with E-state index >= 15 is 0 Å². The maximum absolute atomic E-state index is 13.1. The number of aromatic nitrogens is 2. The molecule has 2 heterocycles. The highest BCUT2D eigenvalue weighted by molar-refractivity contribution is 6.01. The second-order valence-electron chi connectivity index (χ2n) is 8.11. The molecule has 152 valence electrons. The van der Waals surface area contributed by atoms with Gasteiger partial charge >= 0.3 is 5.69 Å². The van der Waals surface area contributed by atoms with E-state index in [9.17, 15) is 24.8 Å². The number of Topliss-reactive ketones (excluding diaryl/α,β-unsaturated/α-hetero) is 1. The number of H-pyrrole nitrogens is 2. The fraction of sp³-hybridized carbons (Fsp3) is 0.368. The van der Waals surface area contributed by atoms with Gasteiger partial charge in [-0.15, -0.1) is 0 Å². The van der Waals surface area contributed by atoms with Gasteiger partial charge in [-0.05, 0) is 23.5 Å². The Balaban J connectivity index is 2.00. The zero-order valence-corrected chi connectivity index (χ0v) is 16.1. The number of carbonyl (C=O) groups excluding carboxylic acids is 1. The highest BCUT2D eigenvalue weighted by atomic mass is 16.6. The molecule has 10 heteroatoms. The molecule has 0 saturated heterocycles. The van der Waals surface area contributed by atoms with Crippen molar-refractivity contribution in [2.24, 2.45) is 5.41 Å². The molecule has 0 bridgehead atoms. The van der Waals surface area contributed by atoms with Crippen molar-refractivity contribution in [3.8, 4) is 11.5 Å². The molecule has 0 fully saturated rings. The maximum atomic E-state index is 13.1. The Morgan fingerprint density at radius 3 is 2.62 bits per heavy atom. The normalized spacial score (nSPS) is 20.0. The number of methoxy groups -OCH3 is 1. The molecule has 4 rings (SSSR count). The van der Waals surface area contributed by atoms with Crippen molar-refractivity contribution in [1.29, 1.82) is 0 Å². The molecular formula is C19H20N4O6. The molecule has 2 aliphatic rings. The Labute approximate surface area is 164 Å². The molecule has 1 aromatic heterocycles. The first kappa shape index (κ1) is 18.8. The number of fused-ring (bicyclic) bond motifs is 1. The smallest absolute Gasteiger partial charge is 0.314 e. The van der Waals surface area contributed by atoms with Crippen LogP contribution in [0.15, 0.2) is 28.2 Å². The first-order chi connectivity index (χ1) is 13.6. The number of carbonyl (C=O) groups is 1. The number of phenols is 1. The lowest BCUT2D eigenvalue weighted by Crippen LogP contribution is -2.35. The zero-order valence-electron chi connectivity index (χ0n) is 16.1. The molecule has 0 radical (unpaired) electrons. The predicted molar refractivity (Wildman–Crippen MR) is 103 cm³/mol. The van der Waals surface area contributed by atoms with Crippen LogP contribution in [-0.2, 0) is 4.79 Å². The number of rotatable bonds is 3. The largest absolute Gasteiger partial charge is 0.500 e. The van der Waals surface area contributed by atoms with Crippen LogP contribution in [0.3, 0.4) is 0 Å². The van der Waals surface area contributed by atoms with Crippen LogP contribution in [0.25, 0.3) is 0 Å². The van der Waals surface area contributed by atoms with E-state index in [1.54, 1.807) is 0 Å². The van der Waals surface area contributed by atoms with Crippen LogP contribution in [0.5, 0.6) is 11.5 Å². The average Bonchev–Trinajstić information content (AvgIpc) is 2.99. The van der Waals surface area contributed by atoms with Gasteiger partial charge in [-0.25, -0.2) is 0 Å². The minimum absolute atomic E-state index is 0.105. The number of hydrogen-bond acceptors (Lipinski definition) is 7. The molecule has 0 saturated carbocycles. The summed E-state index contributed by atoms with van der Waals surface area (Å²) in [5.41, 5.74) is 0.407. The van der Waals surface area contributed by atoms with Crippen molar-refractivity contribution in [3.05, 3.63) is 55.0 Å². The number of allylic oxidation sites excluding steroid dienone is 2. The number of ketones is 1. The second-order valence-corrected chi connectivity index (χ2v) is 8.11. The van der Waals surface area contributed by atoms with Gasteiger partial charge in [0.25, 0.3) is 5.56 Å². The molecule has 1 aliphatic heterocycles. The minimum atomic E-state index is -0.826. The minimum Gasteiger partial charge on any atom is -0.500 e. The standard InChI is InChI=1S/C19H20N4O6/c1-19(2)6-9-14(11(24)7-19)13(15-17(20-9)21-22-18(15)26)8-4-10(23(27)28)16(25)12(5-8)29-3/h4-5,13,25H,6-7H2,1-3H3,(H3,20,21,22,26)/t13-/m1/s1. The number of aromatic hydroxyl groups is 1. The molecule has 1 aliphatic carbocycles. The molecule has 0 amide bonds. The number of phenolic OH excluding ortho intramolecular Hbond substituents is 1. The van der Waals surface area contributed by atoms with E-state index in [0.29, 0.717) is 35.5 Å². The van der Waals surface area contributed by atoms with Crippen LogP contribution in [-0.4, -0.2) is 33.1 Å². The fourth-order valence-electron chi connectivity index (χ4n) is 4.23. The molecule has 29 heavy (non-hydrogen) atoms. The first-order valence-corrected chi connectivity index (χ1v) is 9.02. The zero-order chi connectivity index (χ0) is 21.1. The molecule has 1 atom stereocenters. The van der Waals surface area contributed by atoms with Gasteiger partial charge in [0, 0.05) is 29.7 Å². The molecular weight excluding hydrogens is 380 g/mol. The summed E-state index contributed by atoms with van der Waals surface area (Å²) in [4.78, 5) is 36.3. The van der Waals surface area contributed by atoms with Gasteiger partial charge in [-0.2, -0.15) is 0 Å². The highest BCUT2D eigenvalue weighted by Gasteiger charge is 2.43. The van der Waals surface area contributed by atoms with E-state index in [2.05, 4.69) is 15.5 Å². The van der Waals surface area contributed by atoms with E-state index < -0.39 is 27.8 Å². The number of nitrogens with zero attached hydrogens (tertiary/aromatic N) is 1. The summed E-state index contributed by atoms with van der Waals surface area (Å²) in [5.74, 6) is -1.25. The van der Waals surface area contributed by atoms with Gasteiger partial charge in [0.05, 0.1) is 17.6 Å². The van der Waals surface area contributed by atoms with Crippen LogP contribution >= 0.6 is 0 Å². The van der Waals surface area contributed by atoms with Crippen LogP contribution in [0.4, 0.5) is 11.5 Å². The van der Waals surface area contributed by atoms with Crippen LogP contribution in [0, 0.1) is 15.5 Å². The van der Waals surface area contributed by atoms with Gasteiger partial charge in [-0.3, -0.25) is 29.9 Å². The molecule has 2 aromatic rings. The lowest BCUT2D eigenvalue weighted by atomic mass is 9.69. The molecule has 10 nitrogen and oxygen atoms in total. The third-order valence-corrected chi connectivity index (χ3v) is 5.42. The molecule has 0 spiro atoms. The van der Waals surface area contributed by atoms with Crippen molar-refractivity contribution in [3.63, 3.8) is 0 Å². The van der Waals surface area contributed by atoms with Crippen molar-refractivity contribution >= 4 is 17.3 Å². The Kier molecular flexibility index (Phi) is 4.03. The van der Waals surface area contributed by atoms with Crippen molar-refractivity contribution in [2.75, 3.05) is 12.4 Å². The highest BCUT2D eigenvalue weighted by Crippen LogP contribution is 2.49. The van der Waals surface area contributed by atoms with Crippen LogP contribution in [0.1, 0.15) is 43.7 Å². The Bertz CT molecular complexity index is 1140. The van der Waals surface area contributed by atoms with E-state index in [0.717, 1.165) is 0 Å². The average molecular weight is 400 g/mol. The first-order valence-electron chi connectivity index (χ1n) is 9.02. The van der Waals surface area contributed by atoms with Crippen molar-refractivity contribution < 1.29 is 19.6 Å². The van der Waals surface area contributed by atoms with Crippen LogP contribution in [0.2, 0.25) is 0 Å². The Morgan fingerprint density at radius 2 is 1.97 bits per heavy atom. The number of nitro groups is 1. The summed E-state index contributed by atoms with van der Waals surface area (Å²) in [6.07, 6.45) is 0.869. The van der Waals surface area contributed by atoms with Gasteiger partial charge < -0.3 is 15.2 Å². The lowest BCUT2D eigenvalue weighted by Gasteiger charge is -2.37. The van der Waals surface area contributed by atoms with Gasteiger partial charge in [-0.1, -0.05) is 13.8 Å². The SMILES string of the molecule is COc1cc([C@@H]2C3=C(CC(C)(C)CC3=O)Nc3[nH][nH]c(=O)c32)cc([N+](=O)[O-])c1O. The molecule has 1 aromatic carbocycles. The fourth-order valence-corrected chi connectivity index (χ4v) is 4.23. The number of aromatic amines is 2. The number of nitrogens with one attached hydrogen (secondary N) is 3. The summed E-state index contributed by atoms with van der Waals surface area (Å²) in [6.45, 7) is 3.96. The van der Waals surface area contributed by atoms with E-state index in [1.807, 2.05) is 13.8 Å². The summed E-state index contributed by atoms with van der Waals surface area (Å²) in [5, 5.41) is 30.0. The summed E-state index contributed by atoms with van der Waals surface area (Å²) < 4.78 is 5.10. The second kappa shape index (κ2) is 6.23. The lowest BCUT2D eigenvalue weighted by molar-refractivity contribution is -0.386. The monoisotopic (exact) mass is 400 g/mol. The predicted octanol–water partition coefficient (Wildman–Crippen LogP) is 2.53. The third-order valence-electron chi connectivity index (χ3n) is 5.42. The van der Waals surface area contributed by atoms with Crippen molar-refractivity contribution in [2.45, 2.75) is 32.6 Å². The summed E-state index contributed by atoms with van der Waals surface area (Å²) >= 11 is 0. The van der Waals surface area contributed by atoms with Gasteiger partial charge in [0.2, 0.25) is 5.75 Å². The Hall–Kier alpha value is -3.56. The number of hydrogen-bond donors (Lipinski definition) is 4. The third kappa shape index (κ3) is 2.87. The molecule has 4 N–H and O–H groups in total. The number of ether oxygens (including phenoxy) is 1. The van der Waals surface area contributed by atoms with E-state index in [4.69, 9.17) is 4.74 Å². The molecule has 0 unspecified atom stereocenters. The van der Waals surface area contributed by atoms with E-state index in [1.165, 1.54) is 19.2 Å². The van der Waals surface area contributed by atoms with Crippen LogP contribution < -0.4 is 15.6 Å². The van der Waals surface area contributed by atoms with E-state index in [-0.39, 0.29) is 22.5 Å². The number of benzene rings is 1. The maximum Gasteiger partial charge on any atom is 0.314 e. The van der Waals surface area contributed by atoms with Gasteiger partial charge in [0.1, 0.15) is 5.82 Å². The van der Waals surface area contributed by atoms with Gasteiger partial charge in [0.15, 0.2) is 11.5 Å². The topological polar surface area (TPSA) is 150 Å². The number of anilines is 1. The number of nitro benzene ring substituents is 1. The summed E-state index contributed by atoms with van der Waals surface area (Å²) in [7, 11) is 1.28.